The van der Waals surface area contributed by atoms with E-state index in [0.29, 0.717) is 38.6 Å². The van der Waals surface area contributed by atoms with Gasteiger partial charge in [0.15, 0.2) is 5.82 Å². The lowest BCUT2D eigenvalue weighted by molar-refractivity contribution is -0.137. The molecule has 6 nitrogen and oxygen atoms in total. The maximum Gasteiger partial charge on any atom is 0.416 e. The van der Waals surface area contributed by atoms with Crippen molar-refractivity contribution >= 4 is 22.6 Å². The number of ether oxygens (including phenoxy) is 1. The van der Waals surface area contributed by atoms with Crippen molar-refractivity contribution in [2.24, 2.45) is 0 Å². The number of alkyl halides is 3. The molecular weight excluding hydrogens is 369 g/mol. The van der Waals surface area contributed by atoms with Crippen LogP contribution in [0.2, 0.25) is 0 Å². The Morgan fingerprint density at radius 1 is 1.19 bits per heavy atom. The predicted octanol–water partition coefficient (Wildman–Crippen LogP) is 2.67. The Balaban J connectivity index is 1.59. The highest BCUT2D eigenvalue weighted by atomic mass is 32.1. The fraction of sp³-hybridized carbons (Fsp3) is 0.438. The molecule has 0 atom stereocenters. The fourth-order valence-electron chi connectivity index (χ4n) is 2.65. The second-order valence-electron chi connectivity index (χ2n) is 5.78. The van der Waals surface area contributed by atoms with Crippen molar-refractivity contribution in [1.82, 2.24) is 14.3 Å². The van der Waals surface area contributed by atoms with E-state index >= 15 is 0 Å². The quantitative estimate of drug-likeness (QED) is 0.809. The largest absolute Gasteiger partial charge is 0.416 e. The van der Waals surface area contributed by atoms with E-state index in [-0.39, 0.29) is 11.5 Å². The lowest BCUT2D eigenvalue weighted by atomic mass is 10.1. The molecule has 10 heteroatoms. The van der Waals surface area contributed by atoms with Gasteiger partial charge < -0.3 is 14.5 Å². The third kappa shape index (κ3) is 4.13. The number of rotatable bonds is 4. The van der Waals surface area contributed by atoms with E-state index in [1.807, 2.05) is 4.90 Å². The molecule has 2 heterocycles. The molecule has 0 spiro atoms. The van der Waals surface area contributed by atoms with E-state index in [1.54, 1.807) is 12.0 Å². The summed E-state index contributed by atoms with van der Waals surface area (Å²) in [6.07, 6.45) is -4.41. The van der Waals surface area contributed by atoms with E-state index in [4.69, 9.17) is 4.74 Å². The lowest BCUT2D eigenvalue weighted by Gasteiger charge is -2.34. The molecule has 1 aromatic carbocycles. The molecule has 0 unspecified atom stereocenters. The molecule has 1 fully saturated rings. The number of hydrogen-bond acceptors (Lipinski definition) is 6. The zero-order valence-corrected chi connectivity index (χ0v) is 14.8. The van der Waals surface area contributed by atoms with Gasteiger partial charge in [0.1, 0.15) is 6.61 Å². The van der Waals surface area contributed by atoms with Crippen molar-refractivity contribution in [3.05, 3.63) is 41.2 Å². The van der Waals surface area contributed by atoms with Gasteiger partial charge in [-0.25, -0.2) is 4.98 Å². The number of carbonyl (C=O) groups is 1. The van der Waals surface area contributed by atoms with Gasteiger partial charge >= 0.3 is 6.18 Å². The molecular formula is C16H17F3N4O2S. The SMILES string of the molecule is COCc1nsc(N2CCN(C(=O)c3ccc(C(F)(F)F)cc3)CC2)n1. The van der Waals surface area contributed by atoms with Crippen LogP contribution in [-0.4, -0.2) is 53.5 Å². The van der Waals surface area contributed by atoms with E-state index in [1.165, 1.54) is 23.7 Å². The number of benzene rings is 1. The Labute approximate surface area is 152 Å². The van der Waals surface area contributed by atoms with Crippen molar-refractivity contribution in [2.75, 3.05) is 38.2 Å². The van der Waals surface area contributed by atoms with Gasteiger partial charge in [0, 0.05) is 50.4 Å². The zero-order chi connectivity index (χ0) is 18.7. The summed E-state index contributed by atoms with van der Waals surface area (Å²) >= 11 is 1.28. The molecule has 0 N–H and O–H groups in total. The smallest absolute Gasteiger partial charge is 0.377 e. The molecule has 2 aromatic rings. The van der Waals surface area contributed by atoms with Crippen LogP contribution in [0.3, 0.4) is 0 Å². The average Bonchev–Trinajstić information content (AvgIpc) is 3.10. The second kappa shape index (κ2) is 7.58. The first-order valence-corrected chi connectivity index (χ1v) is 8.69. The highest BCUT2D eigenvalue weighted by Gasteiger charge is 2.31. The molecule has 1 aliphatic heterocycles. The molecule has 1 saturated heterocycles. The first-order valence-electron chi connectivity index (χ1n) is 7.91. The van der Waals surface area contributed by atoms with Crippen LogP contribution in [-0.2, 0) is 17.5 Å². The van der Waals surface area contributed by atoms with Gasteiger partial charge in [0.05, 0.1) is 5.56 Å². The van der Waals surface area contributed by atoms with Crippen LogP contribution < -0.4 is 4.90 Å². The minimum Gasteiger partial charge on any atom is -0.377 e. The molecule has 140 valence electrons. The Morgan fingerprint density at radius 2 is 1.85 bits per heavy atom. The number of nitrogens with zero attached hydrogens (tertiary/aromatic N) is 4. The molecule has 3 rings (SSSR count). The molecule has 0 saturated carbocycles. The monoisotopic (exact) mass is 386 g/mol. The number of anilines is 1. The van der Waals surface area contributed by atoms with Crippen LogP contribution in [0.15, 0.2) is 24.3 Å². The third-order valence-electron chi connectivity index (χ3n) is 4.03. The van der Waals surface area contributed by atoms with Gasteiger partial charge in [0.2, 0.25) is 5.13 Å². The Hall–Kier alpha value is -2.20. The van der Waals surface area contributed by atoms with E-state index < -0.39 is 11.7 Å². The Kier molecular flexibility index (Phi) is 5.42. The summed E-state index contributed by atoms with van der Waals surface area (Å²) in [7, 11) is 1.58. The van der Waals surface area contributed by atoms with Crippen molar-refractivity contribution in [2.45, 2.75) is 12.8 Å². The number of methoxy groups -OCH3 is 1. The highest BCUT2D eigenvalue weighted by molar-refractivity contribution is 7.09. The number of halogens is 3. The van der Waals surface area contributed by atoms with Gasteiger partial charge in [-0.1, -0.05) is 0 Å². The van der Waals surface area contributed by atoms with Crippen LogP contribution >= 0.6 is 11.5 Å². The molecule has 0 aliphatic carbocycles. The second-order valence-corrected chi connectivity index (χ2v) is 6.51. The van der Waals surface area contributed by atoms with Crippen LogP contribution in [0.25, 0.3) is 0 Å². The maximum absolute atomic E-state index is 12.6. The van der Waals surface area contributed by atoms with Crippen LogP contribution in [0.1, 0.15) is 21.7 Å². The first-order chi connectivity index (χ1) is 12.4. The maximum atomic E-state index is 12.6. The average molecular weight is 386 g/mol. The summed E-state index contributed by atoms with van der Waals surface area (Å²) in [6, 6.07) is 4.31. The summed E-state index contributed by atoms with van der Waals surface area (Å²) in [6.45, 7) is 2.48. The summed E-state index contributed by atoms with van der Waals surface area (Å²) in [5.41, 5.74) is -0.508. The predicted molar refractivity (Wildman–Crippen MR) is 90.2 cm³/mol. The number of carbonyl (C=O) groups excluding carboxylic acids is 1. The van der Waals surface area contributed by atoms with Crippen molar-refractivity contribution < 1.29 is 22.7 Å². The first kappa shape index (κ1) is 18.6. The lowest BCUT2D eigenvalue weighted by Crippen LogP contribution is -2.48. The number of hydrogen-bond donors (Lipinski definition) is 0. The number of aromatic nitrogens is 2. The summed E-state index contributed by atoms with van der Waals surface area (Å²) < 4.78 is 47.0. The molecule has 0 radical (unpaired) electrons. The fourth-order valence-corrected chi connectivity index (χ4v) is 3.37. The number of piperazine rings is 1. The highest BCUT2D eigenvalue weighted by Crippen LogP contribution is 2.29. The molecule has 0 bridgehead atoms. The summed E-state index contributed by atoms with van der Waals surface area (Å²) in [5.74, 6) is 0.353. The number of amides is 1. The van der Waals surface area contributed by atoms with Crippen molar-refractivity contribution in [1.29, 1.82) is 0 Å². The standard InChI is InChI=1S/C16H17F3N4O2S/c1-25-10-13-20-15(26-21-13)23-8-6-22(7-9-23)14(24)11-2-4-12(5-3-11)16(17,18)19/h2-5H,6-10H2,1H3. The van der Waals surface area contributed by atoms with Crippen LogP contribution in [0, 0.1) is 0 Å². The normalized spacial score (nSPS) is 15.4. The molecule has 1 aliphatic rings. The summed E-state index contributed by atoms with van der Waals surface area (Å²) in [4.78, 5) is 20.5. The van der Waals surface area contributed by atoms with Gasteiger partial charge in [0.25, 0.3) is 5.91 Å². The Morgan fingerprint density at radius 3 is 2.42 bits per heavy atom. The van der Waals surface area contributed by atoms with Crippen molar-refractivity contribution in [3.8, 4) is 0 Å². The van der Waals surface area contributed by atoms with E-state index in [2.05, 4.69) is 9.36 Å². The van der Waals surface area contributed by atoms with Crippen LogP contribution in [0.5, 0.6) is 0 Å². The minimum absolute atomic E-state index is 0.254. The zero-order valence-electron chi connectivity index (χ0n) is 14.0. The van der Waals surface area contributed by atoms with Gasteiger partial charge in [-0.2, -0.15) is 17.5 Å². The Bertz CT molecular complexity index is 756. The molecule has 26 heavy (non-hydrogen) atoms. The third-order valence-corrected chi connectivity index (χ3v) is 4.84. The van der Waals surface area contributed by atoms with E-state index in [9.17, 15) is 18.0 Å². The van der Waals surface area contributed by atoms with Crippen LogP contribution in [0.4, 0.5) is 18.3 Å². The minimum atomic E-state index is -4.41. The summed E-state index contributed by atoms with van der Waals surface area (Å²) in [5, 5.41) is 0.777. The van der Waals surface area contributed by atoms with Gasteiger partial charge in [-0.15, -0.1) is 0 Å². The van der Waals surface area contributed by atoms with Gasteiger partial charge in [-0.05, 0) is 24.3 Å². The topological polar surface area (TPSA) is 58.6 Å². The van der Waals surface area contributed by atoms with E-state index in [0.717, 1.165) is 17.3 Å². The van der Waals surface area contributed by atoms with Crippen molar-refractivity contribution in [3.63, 3.8) is 0 Å². The van der Waals surface area contributed by atoms with Gasteiger partial charge in [-0.3, -0.25) is 4.79 Å². The molecule has 1 aromatic heterocycles. The molecule has 1 amide bonds.